The number of ether oxygens (including phenoxy) is 1. The van der Waals surface area contributed by atoms with Gasteiger partial charge in [-0.15, -0.1) is 0 Å². The van der Waals surface area contributed by atoms with Crippen LogP contribution >= 0.6 is 15.9 Å². The normalized spacial score (nSPS) is 15.4. The van der Waals surface area contributed by atoms with E-state index >= 15 is 0 Å². The highest BCUT2D eigenvalue weighted by atomic mass is 79.9. The first-order valence-electron chi connectivity index (χ1n) is 7.49. The molecule has 4 nitrogen and oxygen atoms in total. The number of nitrogens with zero attached hydrogens (tertiary/aromatic N) is 1. The third-order valence-corrected chi connectivity index (χ3v) is 4.12. The monoisotopic (exact) mass is 362 g/mol. The molecule has 0 bridgehead atoms. The molecule has 0 aliphatic heterocycles. The minimum Gasteiger partial charge on any atom is -0.493 e. The average Bonchev–Trinajstić information content (AvgIpc) is 3.00. The highest BCUT2D eigenvalue weighted by molar-refractivity contribution is 9.10. The SMILES string of the molecule is CCOc1ccc(Br)cc1/C=C(/C#N)C(=O)NC1CCCC1. The highest BCUT2D eigenvalue weighted by Crippen LogP contribution is 2.26. The largest absolute Gasteiger partial charge is 0.493 e. The standard InChI is InChI=1S/C17H19BrN2O2/c1-2-22-16-8-7-14(18)10-12(16)9-13(11-19)17(21)20-15-5-3-4-6-15/h7-10,15H,2-6H2,1H3,(H,20,21)/b13-9-. The highest BCUT2D eigenvalue weighted by Gasteiger charge is 2.19. The topological polar surface area (TPSA) is 62.1 Å². The molecule has 0 heterocycles. The molecule has 1 aromatic rings. The number of halogens is 1. The van der Waals surface area contributed by atoms with Gasteiger partial charge in [-0.3, -0.25) is 4.79 Å². The van der Waals surface area contributed by atoms with Crippen molar-refractivity contribution in [3.63, 3.8) is 0 Å². The molecule has 1 aromatic carbocycles. The van der Waals surface area contributed by atoms with E-state index in [1.54, 1.807) is 6.08 Å². The van der Waals surface area contributed by atoms with Crippen molar-refractivity contribution < 1.29 is 9.53 Å². The Morgan fingerprint density at radius 3 is 2.86 bits per heavy atom. The van der Waals surface area contributed by atoms with E-state index < -0.39 is 0 Å². The Morgan fingerprint density at radius 2 is 2.23 bits per heavy atom. The van der Waals surface area contributed by atoms with E-state index in [1.165, 1.54) is 0 Å². The van der Waals surface area contributed by atoms with Crippen molar-refractivity contribution >= 4 is 27.9 Å². The number of rotatable bonds is 5. The lowest BCUT2D eigenvalue weighted by atomic mass is 10.1. The Morgan fingerprint density at radius 1 is 1.50 bits per heavy atom. The zero-order valence-corrected chi connectivity index (χ0v) is 14.1. The van der Waals surface area contributed by atoms with E-state index in [9.17, 15) is 10.1 Å². The Labute approximate surface area is 139 Å². The van der Waals surface area contributed by atoms with Crippen LogP contribution in [0.2, 0.25) is 0 Å². The van der Waals surface area contributed by atoms with Crippen LogP contribution in [0.1, 0.15) is 38.2 Å². The summed E-state index contributed by atoms with van der Waals surface area (Å²) in [7, 11) is 0. The number of carbonyl (C=O) groups is 1. The maximum Gasteiger partial charge on any atom is 0.262 e. The second-order valence-corrected chi connectivity index (χ2v) is 6.16. The molecule has 0 radical (unpaired) electrons. The van der Waals surface area contributed by atoms with Gasteiger partial charge in [-0.2, -0.15) is 5.26 Å². The average molecular weight is 363 g/mol. The minimum atomic E-state index is -0.308. The number of hydrogen-bond acceptors (Lipinski definition) is 3. The molecule has 0 aromatic heterocycles. The van der Waals surface area contributed by atoms with E-state index in [2.05, 4.69) is 21.2 Å². The second-order valence-electron chi connectivity index (χ2n) is 5.24. The number of nitriles is 1. The van der Waals surface area contributed by atoms with Crippen LogP contribution in [0.25, 0.3) is 6.08 Å². The molecule has 0 unspecified atom stereocenters. The zero-order valence-electron chi connectivity index (χ0n) is 12.6. The van der Waals surface area contributed by atoms with Gasteiger partial charge in [0.1, 0.15) is 17.4 Å². The maximum absolute atomic E-state index is 12.2. The van der Waals surface area contributed by atoms with Gasteiger partial charge in [-0.05, 0) is 44.0 Å². The van der Waals surface area contributed by atoms with Crippen LogP contribution in [0.15, 0.2) is 28.2 Å². The van der Waals surface area contributed by atoms with Crippen LogP contribution < -0.4 is 10.1 Å². The van der Waals surface area contributed by atoms with E-state index in [0.29, 0.717) is 17.9 Å². The van der Waals surface area contributed by atoms with E-state index in [4.69, 9.17) is 4.74 Å². The van der Waals surface area contributed by atoms with Crippen molar-refractivity contribution in [2.45, 2.75) is 38.6 Å². The quantitative estimate of drug-likeness (QED) is 0.639. The summed E-state index contributed by atoms with van der Waals surface area (Å²) in [6.45, 7) is 2.42. The molecule has 2 rings (SSSR count). The molecular weight excluding hydrogens is 344 g/mol. The molecule has 0 atom stereocenters. The van der Waals surface area contributed by atoms with Gasteiger partial charge in [-0.25, -0.2) is 0 Å². The van der Waals surface area contributed by atoms with Gasteiger partial charge in [0.05, 0.1) is 6.61 Å². The van der Waals surface area contributed by atoms with Crippen LogP contribution in [-0.4, -0.2) is 18.6 Å². The van der Waals surface area contributed by atoms with Gasteiger partial charge >= 0.3 is 0 Å². The number of amides is 1. The number of nitrogens with one attached hydrogen (secondary N) is 1. The van der Waals surface area contributed by atoms with Gasteiger partial charge in [0, 0.05) is 16.1 Å². The Kier molecular flexibility index (Phi) is 6.02. The predicted molar refractivity (Wildman–Crippen MR) is 89.3 cm³/mol. The molecule has 22 heavy (non-hydrogen) atoms. The summed E-state index contributed by atoms with van der Waals surface area (Å²) < 4.78 is 6.42. The zero-order chi connectivity index (χ0) is 15.9. The van der Waals surface area contributed by atoms with Gasteiger partial charge < -0.3 is 10.1 Å². The molecule has 5 heteroatoms. The molecule has 1 aliphatic carbocycles. The van der Waals surface area contributed by atoms with Gasteiger partial charge in [0.2, 0.25) is 0 Å². The molecular formula is C17H19BrN2O2. The third-order valence-electron chi connectivity index (χ3n) is 3.63. The van der Waals surface area contributed by atoms with Crippen LogP contribution in [0.3, 0.4) is 0 Å². The molecule has 1 fully saturated rings. The van der Waals surface area contributed by atoms with Crippen LogP contribution in [-0.2, 0) is 4.79 Å². The minimum absolute atomic E-state index is 0.103. The van der Waals surface area contributed by atoms with Gasteiger partial charge in [0.25, 0.3) is 5.91 Å². The number of carbonyl (C=O) groups excluding carboxylic acids is 1. The van der Waals surface area contributed by atoms with Crippen LogP contribution in [0.4, 0.5) is 0 Å². The summed E-state index contributed by atoms with van der Waals surface area (Å²) in [5, 5.41) is 12.2. The van der Waals surface area contributed by atoms with E-state index in [1.807, 2.05) is 31.2 Å². The summed E-state index contributed by atoms with van der Waals surface area (Å²) in [5.74, 6) is 0.351. The van der Waals surface area contributed by atoms with Crippen molar-refractivity contribution in [3.05, 3.63) is 33.8 Å². The van der Waals surface area contributed by atoms with Crippen molar-refractivity contribution in [2.24, 2.45) is 0 Å². The Hall–Kier alpha value is -1.80. The number of hydrogen-bond donors (Lipinski definition) is 1. The first-order chi connectivity index (χ1) is 10.6. The lowest BCUT2D eigenvalue weighted by Crippen LogP contribution is -2.33. The predicted octanol–water partition coefficient (Wildman–Crippen LogP) is 3.81. The fourth-order valence-corrected chi connectivity index (χ4v) is 2.94. The van der Waals surface area contributed by atoms with Crippen LogP contribution in [0, 0.1) is 11.3 Å². The van der Waals surface area contributed by atoms with Crippen molar-refractivity contribution in [1.29, 1.82) is 5.26 Å². The van der Waals surface area contributed by atoms with E-state index in [0.717, 1.165) is 30.2 Å². The Balaban J connectivity index is 2.22. The van der Waals surface area contributed by atoms with Gasteiger partial charge in [0.15, 0.2) is 0 Å². The Bertz CT molecular complexity index is 614. The fourth-order valence-electron chi connectivity index (χ4n) is 2.56. The van der Waals surface area contributed by atoms with Crippen molar-refractivity contribution in [1.82, 2.24) is 5.32 Å². The second kappa shape index (κ2) is 8.00. The lowest BCUT2D eigenvalue weighted by molar-refractivity contribution is -0.117. The van der Waals surface area contributed by atoms with Crippen molar-refractivity contribution in [2.75, 3.05) is 6.61 Å². The first kappa shape index (κ1) is 16.6. The maximum atomic E-state index is 12.2. The van der Waals surface area contributed by atoms with Crippen LogP contribution in [0.5, 0.6) is 5.75 Å². The molecule has 0 spiro atoms. The summed E-state index contributed by atoms with van der Waals surface area (Å²) >= 11 is 3.40. The summed E-state index contributed by atoms with van der Waals surface area (Å²) in [6.07, 6.45) is 5.84. The molecule has 0 saturated heterocycles. The molecule has 1 aliphatic rings. The lowest BCUT2D eigenvalue weighted by Gasteiger charge is -2.12. The van der Waals surface area contributed by atoms with Gasteiger partial charge in [-0.1, -0.05) is 28.8 Å². The molecule has 116 valence electrons. The summed E-state index contributed by atoms with van der Waals surface area (Å²) in [5.41, 5.74) is 0.820. The molecule has 1 N–H and O–H groups in total. The smallest absolute Gasteiger partial charge is 0.262 e. The molecule has 1 amide bonds. The fraction of sp³-hybridized carbons (Fsp3) is 0.412. The summed E-state index contributed by atoms with van der Waals surface area (Å²) in [6, 6.07) is 7.71. The first-order valence-corrected chi connectivity index (χ1v) is 8.28. The van der Waals surface area contributed by atoms with Crippen molar-refractivity contribution in [3.8, 4) is 11.8 Å². The number of benzene rings is 1. The molecule has 1 saturated carbocycles. The van der Waals surface area contributed by atoms with E-state index in [-0.39, 0.29) is 17.5 Å². The third kappa shape index (κ3) is 4.35. The summed E-state index contributed by atoms with van der Waals surface area (Å²) in [4.78, 5) is 12.2.